The van der Waals surface area contributed by atoms with Crippen molar-refractivity contribution in [3.8, 4) is 0 Å². The van der Waals surface area contributed by atoms with Crippen molar-refractivity contribution in [3.63, 3.8) is 0 Å². The van der Waals surface area contributed by atoms with Crippen LogP contribution in [-0.2, 0) is 11.2 Å². The molecule has 1 rings (SSSR count). The third-order valence-electron chi connectivity index (χ3n) is 2.31. The van der Waals surface area contributed by atoms with Gasteiger partial charge in [0.25, 0.3) is 0 Å². The van der Waals surface area contributed by atoms with Gasteiger partial charge in [-0.2, -0.15) is 0 Å². The maximum Gasteiger partial charge on any atom is 0.149 e. The van der Waals surface area contributed by atoms with Gasteiger partial charge in [0.15, 0.2) is 0 Å². The third kappa shape index (κ3) is 3.00. The molecule has 1 aromatic carbocycles. The molecule has 0 aliphatic carbocycles. The van der Waals surface area contributed by atoms with Gasteiger partial charge in [0, 0.05) is 13.1 Å². The number of hydrogen-bond acceptors (Lipinski definition) is 3. The Labute approximate surface area is 92.6 Å². The maximum absolute atomic E-state index is 13.3. The van der Waals surface area contributed by atoms with E-state index in [-0.39, 0.29) is 5.69 Å². The van der Waals surface area contributed by atoms with Crippen LogP contribution < -0.4 is 11.1 Å². The SMILES string of the molecule is CNc1c(F)cc(F)cc1CCC(N)C=O. The van der Waals surface area contributed by atoms with Crippen LogP contribution in [-0.4, -0.2) is 19.4 Å². The molecule has 0 radical (unpaired) electrons. The van der Waals surface area contributed by atoms with E-state index < -0.39 is 17.7 Å². The van der Waals surface area contributed by atoms with Crippen molar-refractivity contribution in [3.05, 3.63) is 29.3 Å². The highest BCUT2D eigenvalue weighted by Crippen LogP contribution is 2.22. The second-order valence-electron chi connectivity index (χ2n) is 3.51. The van der Waals surface area contributed by atoms with Crippen LogP contribution in [0.3, 0.4) is 0 Å². The van der Waals surface area contributed by atoms with E-state index in [0.717, 1.165) is 6.07 Å². The minimum absolute atomic E-state index is 0.250. The number of carbonyl (C=O) groups is 1. The summed E-state index contributed by atoms with van der Waals surface area (Å²) in [5.74, 6) is -1.27. The number of halogens is 2. The number of nitrogens with one attached hydrogen (secondary N) is 1. The number of nitrogens with two attached hydrogens (primary N) is 1. The smallest absolute Gasteiger partial charge is 0.149 e. The molecule has 0 saturated heterocycles. The Kier molecular flexibility index (Phi) is 4.37. The fourth-order valence-electron chi connectivity index (χ4n) is 1.49. The van der Waals surface area contributed by atoms with Crippen LogP contribution in [0.4, 0.5) is 14.5 Å². The largest absolute Gasteiger partial charge is 0.386 e. The van der Waals surface area contributed by atoms with E-state index in [9.17, 15) is 13.6 Å². The molecule has 3 nitrogen and oxygen atoms in total. The van der Waals surface area contributed by atoms with Gasteiger partial charge in [-0.1, -0.05) is 0 Å². The first-order chi connectivity index (χ1) is 7.58. The lowest BCUT2D eigenvalue weighted by Crippen LogP contribution is -2.22. The van der Waals surface area contributed by atoms with Gasteiger partial charge in [0.1, 0.15) is 17.9 Å². The van der Waals surface area contributed by atoms with E-state index in [0.29, 0.717) is 24.7 Å². The number of hydrogen-bond donors (Lipinski definition) is 2. The van der Waals surface area contributed by atoms with E-state index in [1.165, 1.54) is 6.07 Å². The lowest BCUT2D eigenvalue weighted by Gasteiger charge is -2.11. The summed E-state index contributed by atoms with van der Waals surface area (Å²) in [7, 11) is 1.56. The molecule has 88 valence electrons. The van der Waals surface area contributed by atoms with Gasteiger partial charge in [-0.15, -0.1) is 0 Å². The zero-order valence-corrected chi connectivity index (χ0v) is 8.97. The Morgan fingerprint density at radius 2 is 2.19 bits per heavy atom. The summed E-state index contributed by atoms with van der Waals surface area (Å²) < 4.78 is 26.3. The first kappa shape index (κ1) is 12.6. The van der Waals surface area contributed by atoms with Crippen LogP contribution in [0.25, 0.3) is 0 Å². The van der Waals surface area contributed by atoms with Crippen LogP contribution in [0.5, 0.6) is 0 Å². The van der Waals surface area contributed by atoms with Crippen LogP contribution >= 0.6 is 0 Å². The summed E-state index contributed by atoms with van der Waals surface area (Å²) >= 11 is 0. The van der Waals surface area contributed by atoms with Gasteiger partial charge in [-0.3, -0.25) is 0 Å². The molecule has 0 heterocycles. The van der Waals surface area contributed by atoms with Crippen molar-refractivity contribution >= 4 is 12.0 Å². The molecule has 1 atom stereocenters. The number of rotatable bonds is 5. The van der Waals surface area contributed by atoms with Gasteiger partial charge >= 0.3 is 0 Å². The Bertz CT molecular complexity index is 382. The molecule has 0 aliphatic rings. The van der Waals surface area contributed by atoms with Gasteiger partial charge in [0.2, 0.25) is 0 Å². The van der Waals surface area contributed by atoms with Crippen LogP contribution in [0.15, 0.2) is 12.1 Å². The first-order valence-corrected chi connectivity index (χ1v) is 4.95. The van der Waals surface area contributed by atoms with E-state index in [1.807, 2.05) is 0 Å². The summed E-state index contributed by atoms with van der Waals surface area (Å²) in [5.41, 5.74) is 6.15. The first-order valence-electron chi connectivity index (χ1n) is 4.95. The predicted octanol–water partition coefficient (Wildman–Crippen LogP) is 1.47. The Balaban J connectivity index is 2.89. The van der Waals surface area contributed by atoms with Crippen molar-refractivity contribution in [2.24, 2.45) is 5.73 Å². The van der Waals surface area contributed by atoms with Gasteiger partial charge in [-0.25, -0.2) is 8.78 Å². The Morgan fingerprint density at radius 1 is 1.50 bits per heavy atom. The zero-order chi connectivity index (χ0) is 12.1. The number of aldehydes is 1. The minimum Gasteiger partial charge on any atom is -0.386 e. The summed E-state index contributed by atoms with van der Waals surface area (Å²) in [6, 6.07) is 1.46. The second kappa shape index (κ2) is 5.55. The third-order valence-corrected chi connectivity index (χ3v) is 2.31. The molecule has 5 heteroatoms. The number of benzene rings is 1. The number of carbonyl (C=O) groups excluding carboxylic acids is 1. The summed E-state index contributed by atoms with van der Waals surface area (Å²) in [6.45, 7) is 0. The van der Waals surface area contributed by atoms with E-state index in [4.69, 9.17) is 5.73 Å². The summed E-state index contributed by atoms with van der Waals surface area (Å²) in [4.78, 5) is 10.3. The lowest BCUT2D eigenvalue weighted by molar-refractivity contribution is -0.109. The molecular formula is C11H14F2N2O. The molecule has 0 aliphatic heterocycles. The molecule has 0 spiro atoms. The molecule has 3 N–H and O–H groups in total. The summed E-state index contributed by atoms with van der Waals surface area (Å²) in [6.07, 6.45) is 1.33. The fraction of sp³-hybridized carbons (Fsp3) is 0.364. The standard InChI is InChI=1S/C11H14F2N2O/c1-15-11-7(2-3-9(14)6-16)4-8(12)5-10(11)13/h4-6,9,15H,2-3,14H2,1H3. The summed E-state index contributed by atoms with van der Waals surface area (Å²) in [5, 5.41) is 2.66. The average Bonchev–Trinajstić information content (AvgIpc) is 2.25. The fourth-order valence-corrected chi connectivity index (χ4v) is 1.49. The topological polar surface area (TPSA) is 55.1 Å². The quantitative estimate of drug-likeness (QED) is 0.750. The lowest BCUT2D eigenvalue weighted by atomic mass is 10.0. The van der Waals surface area contributed by atoms with E-state index in [2.05, 4.69) is 5.32 Å². The second-order valence-corrected chi connectivity index (χ2v) is 3.51. The van der Waals surface area contributed by atoms with Crippen LogP contribution in [0, 0.1) is 11.6 Å². The molecular weight excluding hydrogens is 214 g/mol. The Hall–Kier alpha value is -1.49. The normalized spacial score (nSPS) is 12.2. The highest BCUT2D eigenvalue weighted by molar-refractivity contribution is 5.57. The van der Waals surface area contributed by atoms with Gasteiger partial charge in [0.05, 0.1) is 11.7 Å². The van der Waals surface area contributed by atoms with E-state index in [1.54, 1.807) is 7.05 Å². The van der Waals surface area contributed by atoms with Crippen LogP contribution in [0.2, 0.25) is 0 Å². The average molecular weight is 228 g/mol. The molecule has 1 aromatic rings. The maximum atomic E-state index is 13.3. The molecule has 16 heavy (non-hydrogen) atoms. The van der Waals surface area contributed by atoms with Crippen molar-refractivity contribution in [1.82, 2.24) is 0 Å². The van der Waals surface area contributed by atoms with Crippen molar-refractivity contribution in [2.75, 3.05) is 12.4 Å². The Morgan fingerprint density at radius 3 is 2.75 bits per heavy atom. The molecule has 0 saturated carbocycles. The number of anilines is 1. The monoisotopic (exact) mass is 228 g/mol. The zero-order valence-electron chi connectivity index (χ0n) is 8.97. The number of aryl methyl sites for hydroxylation is 1. The molecule has 0 bridgehead atoms. The molecule has 1 unspecified atom stereocenters. The van der Waals surface area contributed by atoms with Gasteiger partial charge in [-0.05, 0) is 24.5 Å². The van der Waals surface area contributed by atoms with Crippen molar-refractivity contribution < 1.29 is 13.6 Å². The van der Waals surface area contributed by atoms with Crippen molar-refractivity contribution in [1.29, 1.82) is 0 Å². The molecule has 0 aromatic heterocycles. The van der Waals surface area contributed by atoms with Crippen molar-refractivity contribution in [2.45, 2.75) is 18.9 Å². The predicted molar refractivity (Wildman–Crippen MR) is 58.3 cm³/mol. The van der Waals surface area contributed by atoms with Crippen LogP contribution in [0.1, 0.15) is 12.0 Å². The molecule has 0 amide bonds. The van der Waals surface area contributed by atoms with E-state index >= 15 is 0 Å². The highest BCUT2D eigenvalue weighted by Gasteiger charge is 2.11. The minimum atomic E-state index is -0.642. The highest BCUT2D eigenvalue weighted by atomic mass is 19.1. The van der Waals surface area contributed by atoms with Gasteiger partial charge < -0.3 is 15.8 Å². The molecule has 0 fully saturated rings.